The first-order valence-corrected chi connectivity index (χ1v) is 22.7. The number of hydrogen-bond acceptors (Lipinski definition) is 5. The van der Waals surface area contributed by atoms with E-state index in [1.54, 1.807) is 7.11 Å². The third-order valence-corrected chi connectivity index (χ3v) is 10.4. The minimum atomic E-state index is -0.687. The highest BCUT2D eigenvalue weighted by atomic mass is 16.5. The van der Waals surface area contributed by atoms with E-state index in [0.717, 1.165) is 32.1 Å². The van der Waals surface area contributed by atoms with Crippen molar-refractivity contribution in [2.24, 2.45) is 0 Å². The minimum absolute atomic E-state index is 0.0351. The fourth-order valence-electron chi connectivity index (χ4n) is 6.90. The molecular weight excluding hydrogens is 649 g/mol. The van der Waals surface area contributed by atoms with Gasteiger partial charge in [0.05, 0.1) is 13.2 Å². The molecule has 1 atom stereocenters. The van der Waals surface area contributed by atoms with Crippen LogP contribution in [0.1, 0.15) is 232 Å². The third kappa shape index (κ3) is 38.3. The number of carbonyl (C=O) groups is 3. The Morgan fingerprint density at radius 2 is 0.788 bits per heavy atom. The van der Waals surface area contributed by atoms with Gasteiger partial charge in [0.25, 0.3) is 0 Å². The Labute approximate surface area is 323 Å². The van der Waals surface area contributed by atoms with E-state index in [1.165, 1.54) is 161 Å². The number of rotatable bonds is 43. The monoisotopic (exact) mass is 737 g/mol. The van der Waals surface area contributed by atoms with Crippen molar-refractivity contribution >= 4 is 17.6 Å². The zero-order chi connectivity index (χ0) is 38.0. The Hall–Kier alpha value is -1.47. The highest BCUT2D eigenvalue weighted by Crippen LogP contribution is 2.15. The smallest absolute Gasteiger partial charge is 0.220 e. The molecular formula is C45H88N2O5. The van der Waals surface area contributed by atoms with E-state index in [9.17, 15) is 14.4 Å². The Morgan fingerprint density at radius 1 is 0.423 bits per heavy atom. The summed E-state index contributed by atoms with van der Waals surface area (Å²) in [5.41, 5.74) is 0. The molecule has 7 heteroatoms. The van der Waals surface area contributed by atoms with Gasteiger partial charge in [-0.3, -0.25) is 14.4 Å². The lowest BCUT2D eigenvalue weighted by molar-refractivity contribution is -0.128. The van der Waals surface area contributed by atoms with E-state index in [1.807, 2.05) is 0 Å². The summed E-state index contributed by atoms with van der Waals surface area (Å²) in [7, 11) is 1.63. The van der Waals surface area contributed by atoms with Gasteiger partial charge in [-0.15, -0.1) is 0 Å². The van der Waals surface area contributed by atoms with Gasteiger partial charge in [-0.2, -0.15) is 0 Å². The van der Waals surface area contributed by atoms with Crippen molar-refractivity contribution in [1.29, 1.82) is 0 Å². The number of carbonyl (C=O) groups excluding carboxylic acids is 3. The molecule has 0 saturated heterocycles. The molecule has 0 aromatic heterocycles. The summed E-state index contributed by atoms with van der Waals surface area (Å²) in [5.74, 6) is -0.180. The van der Waals surface area contributed by atoms with Crippen LogP contribution in [0, 0.1) is 0 Å². The van der Waals surface area contributed by atoms with Crippen molar-refractivity contribution in [3.8, 4) is 0 Å². The van der Waals surface area contributed by atoms with Crippen molar-refractivity contribution in [1.82, 2.24) is 10.6 Å². The van der Waals surface area contributed by atoms with Gasteiger partial charge in [0.15, 0.2) is 5.78 Å². The predicted molar refractivity (Wildman–Crippen MR) is 221 cm³/mol. The number of hydrogen-bond donors (Lipinski definition) is 2. The van der Waals surface area contributed by atoms with Crippen molar-refractivity contribution < 1.29 is 23.9 Å². The van der Waals surface area contributed by atoms with Gasteiger partial charge in [0, 0.05) is 39.5 Å². The quantitative estimate of drug-likeness (QED) is 0.0608. The second-order valence-electron chi connectivity index (χ2n) is 15.5. The lowest BCUT2D eigenvalue weighted by Crippen LogP contribution is -2.48. The van der Waals surface area contributed by atoms with Crippen LogP contribution in [0.3, 0.4) is 0 Å². The summed E-state index contributed by atoms with van der Waals surface area (Å²) < 4.78 is 10.5. The van der Waals surface area contributed by atoms with Gasteiger partial charge in [-0.1, -0.05) is 194 Å². The number of amides is 2. The number of methoxy groups -OCH3 is 1. The van der Waals surface area contributed by atoms with Gasteiger partial charge >= 0.3 is 0 Å². The lowest BCUT2D eigenvalue weighted by Gasteiger charge is -2.19. The molecule has 0 saturated carbocycles. The Kier molecular flexibility index (Phi) is 41.1. The van der Waals surface area contributed by atoms with Gasteiger partial charge < -0.3 is 20.1 Å². The maximum Gasteiger partial charge on any atom is 0.220 e. The second-order valence-corrected chi connectivity index (χ2v) is 15.5. The standard InChI is InChI=1S/C45H88N2O5/c1-4-6-8-10-12-14-16-18-20-22-24-26-28-30-32-36-44(49)46-41-42(43(48)35-34-38-52-40-39-51-3)47-45(50)37-33-31-29-27-25-23-21-19-17-15-13-11-9-7-5-2/h42H,4-41H2,1-3H3,(H,46,49)(H,47,50)/t42-/m0/s1. The Bertz CT molecular complexity index is 777. The zero-order valence-corrected chi connectivity index (χ0v) is 35.0. The number of Topliss-reactive ketones (excluding diaryl/α,β-unsaturated/α-hetero) is 1. The molecule has 7 nitrogen and oxygen atoms in total. The molecule has 0 fully saturated rings. The molecule has 0 bridgehead atoms. The van der Waals surface area contributed by atoms with Gasteiger partial charge in [0.2, 0.25) is 11.8 Å². The van der Waals surface area contributed by atoms with E-state index in [4.69, 9.17) is 9.47 Å². The Morgan fingerprint density at radius 3 is 1.17 bits per heavy atom. The second kappa shape index (κ2) is 42.3. The fraction of sp³-hybridized carbons (Fsp3) is 0.933. The van der Waals surface area contributed by atoms with Crippen molar-refractivity contribution in [3.63, 3.8) is 0 Å². The number of ether oxygens (including phenoxy) is 2. The SMILES string of the molecule is CCCCCCCCCCCCCCCCCC(=O)NC[C@H](NC(=O)CCCCCCCCCCCCCCCCC)C(=O)CCCOCCOC. The van der Waals surface area contributed by atoms with Crippen LogP contribution in [0.4, 0.5) is 0 Å². The van der Waals surface area contributed by atoms with Crippen LogP contribution in [0.15, 0.2) is 0 Å². The first-order chi connectivity index (χ1) is 25.5. The van der Waals surface area contributed by atoms with Crippen LogP contribution in [-0.4, -0.2) is 57.1 Å². The molecule has 2 amide bonds. The van der Waals surface area contributed by atoms with Crippen molar-refractivity contribution in [2.45, 2.75) is 238 Å². The number of nitrogens with one attached hydrogen (secondary N) is 2. The van der Waals surface area contributed by atoms with Crippen molar-refractivity contribution in [3.05, 3.63) is 0 Å². The molecule has 52 heavy (non-hydrogen) atoms. The van der Waals surface area contributed by atoms with Crippen LogP contribution in [0.5, 0.6) is 0 Å². The zero-order valence-electron chi connectivity index (χ0n) is 35.0. The van der Waals surface area contributed by atoms with Gasteiger partial charge in [-0.05, 0) is 19.3 Å². The van der Waals surface area contributed by atoms with E-state index >= 15 is 0 Å². The molecule has 0 unspecified atom stereocenters. The molecule has 0 aliphatic rings. The molecule has 0 aliphatic carbocycles. The molecule has 0 aromatic carbocycles. The van der Waals surface area contributed by atoms with E-state index in [-0.39, 0.29) is 24.1 Å². The average molecular weight is 737 g/mol. The molecule has 308 valence electrons. The van der Waals surface area contributed by atoms with Crippen molar-refractivity contribution in [2.75, 3.05) is 33.5 Å². The summed E-state index contributed by atoms with van der Waals surface area (Å²) in [4.78, 5) is 38.5. The first kappa shape index (κ1) is 50.5. The van der Waals surface area contributed by atoms with Gasteiger partial charge in [0.1, 0.15) is 6.04 Å². The molecule has 0 radical (unpaired) electrons. The van der Waals surface area contributed by atoms with Gasteiger partial charge in [-0.25, -0.2) is 0 Å². The van der Waals surface area contributed by atoms with Crippen LogP contribution in [0.25, 0.3) is 0 Å². The Balaban J connectivity index is 4.13. The first-order valence-electron chi connectivity index (χ1n) is 22.7. The molecule has 0 heterocycles. The highest BCUT2D eigenvalue weighted by molar-refractivity contribution is 5.89. The summed E-state index contributed by atoms with van der Waals surface area (Å²) in [6, 6.07) is -0.687. The minimum Gasteiger partial charge on any atom is -0.382 e. The predicted octanol–water partition coefficient (Wildman–Crippen LogP) is 12.1. The maximum atomic E-state index is 13.1. The van der Waals surface area contributed by atoms with Crippen LogP contribution >= 0.6 is 0 Å². The average Bonchev–Trinajstić information content (AvgIpc) is 3.14. The molecule has 0 rings (SSSR count). The topological polar surface area (TPSA) is 93.7 Å². The summed E-state index contributed by atoms with van der Waals surface area (Å²) >= 11 is 0. The maximum absolute atomic E-state index is 13.1. The summed E-state index contributed by atoms with van der Waals surface area (Å²) in [6.07, 6.45) is 40.5. The van der Waals surface area contributed by atoms with Crippen LogP contribution in [0.2, 0.25) is 0 Å². The molecule has 0 aliphatic heterocycles. The summed E-state index contributed by atoms with van der Waals surface area (Å²) in [6.45, 7) is 6.20. The largest absolute Gasteiger partial charge is 0.382 e. The number of unbranched alkanes of at least 4 members (excludes halogenated alkanes) is 28. The normalized spacial score (nSPS) is 11.9. The van der Waals surface area contributed by atoms with E-state index in [0.29, 0.717) is 45.5 Å². The summed E-state index contributed by atoms with van der Waals surface area (Å²) in [5, 5.41) is 5.88. The molecule has 0 aromatic rings. The van der Waals surface area contributed by atoms with Crippen LogP contribution < -0.4 is 10.6 Å². The fourth-order valence-corrected chi connectivity index (χ4v) is 6.90. The molecule has 0 spiro atoms. The number of ketones is 1. The van der Waals surface area contributed by atoms with Crippen LogP contribution in [-0.2, 0) is 23.9 Å². The highest BCUT2D eigenvalue weighted by Gasteiger charge is 2.21. The van der Waals surface area contributed by atoms with E-state index < -0.39 is 6.04 Å². The van der Waals surface area contributed by atoms with E-state index in [2.05, 4.69) is 24.5 Å². The lowest BCUT2D eigenvalue weighted by atomic mass is 10.0. The molecule has 2 N–H and O–H groups in total. The third-order valence-electron chi connectivity index (χ3n) is 10.4.